The number of carbonyl (C=O) groups excluding carboxylic acids is 2. The van der Waals surface area contributed by atoms with Gasteiger partial charge in [-0.05, 0) is 18.6 Å². The highest BCUT2D eigenvalue weighted by Crippen LogP contribution is 2.19. The monoisotopic (exact) mass is 324 g/mol. The number of H-pyrrole nitrogens is 1. The molecule has 0 aliphatic heterocycles. The molecule has 0 unspecified atom stereocenters. The second-order valence-electron chi connectivity index (χ2n) is 5.03. The number of hydrogen-bond acceptors (Lipinski definition) is 3. The highest BCUT2D eigenvalue weighted by atomic mass is 35.5. The van der Waals surface area contributed by atoms with E-state index in [1.165, 1.54) is 0 Å². The third kappa shape index (κ3) is 3.99. The molecule has 0 spiro atoms. The Bertz CT molecular complexity index is 654. The largest absolute Gasteiger partial charge is 0.361 e. The van der Waals surface area contributed by atoms with Crippen LogP contribution in [0.3, 0.4) is 0 Å². The van der Waals surface area contributed by atoms with Crippen LogP contribution < -0.4 is 16.4 Å². The first-order valence-corrected chi connectivity index (χ1v) is 6.85. The number of nitrogens with one attached hydrogen (secondary N) is 3. The van der Waals surface area contributed by atoms with Crippen molar-refractivity contribution in [2.75, 3.05) is 7.05 Å². The van der Waals surface area contributed by atoms with Crippen LogP contribution in [-0.2, 0) is 16.0 Å². The van der Waals surface area contributed by atoms with E-state index in [0.29, 0.717) is 6.42 Å². The lowest BCUT2D eigenvalue weighted by Crippen LogP contribution is -2.51. The maximum Gasteiger partial charge on any atom is 0.242 e. The fourth-order valence-corrected chi connectivity index (χ4v) is 2.21. The number of amides is 2. The summed E-state index contributed by atoms with van der Waals surface area (Å²) in [5.41, 5.74) is 7.52. The number of para-hydroxylation sites is 1. The summed E-state index contributed by atoms with van der Waals surface area (Å²) in [5, 5.41) is 6.29. The molecule has 6 nitrogen and oxygen atoms in total. The number of benzene rings is 1. The zero-order chi connectivity index (χ0) is 15.4. The number of halogens is 1. The third-order valence-electron chi connectivity index (χ3n) is 3.39. The van der Waals surface area contributed by atoms with Crippen LogP contribution >= 0.6 is 12.4 Å². The predicted molar refractivity (Wildman–Crippen MR) is 88.9 cm³/mol. The van der Waals surface area contributed by atoms with E-state index in [1.807, 2.05) is 30.5 Å². The molecule has 0 aliphatic rings. The van der Waals surface area contributed by atoms with Crippen LogP contribution in [0.15, 0.2) is 30.5 Å². The molecule has 0 aliphatic carbocycles. The van der Waals surface area contributed by atoms with E-state index >= 15 is 0 Å². The Morgan fingerprint density at radius 3 is 2.59 bits per heavy atom. The maximum atomic E-state index is 12.0. The van der Waals surface area contributed by atoms with Gasteiger partial charge in [-0.15, -0.1) is 12.4 Å². The van der Waals surface area contributed by atoms with E-state index < -0.39 is 12.1 Å². The van der Waals surface area contributed by atoms with Crippen molar-refractivity contribution in [3.05, 3.63) is 36.0 Å². The molecule has 1 aromatic carbocycles. The molecule has 2 atom stereocenters. The van der Waals surface area contributed by atoms with E-state index in [0.717, 1.165) is 16.5 Å². The zero-order valence-electron chi connectivity index (χ0n) is 12.6. The van der Waals surface area contributed by atoms with Crippen molar-refractivity contribution in [3.8, 4) is 0 Å². The van der Waals surface area contributed by atoms with E-state index in [9.17, 15) is 9.59 Å². The van der Waals surface area contributed by atoms with Crippen molar-refractivity contribution in [3.63, 3.8) is 0 Å². The molecule has 2 aromatic rings. The highest BCUT2D eigenvalue weighted by molar-refractivity contribution is 5.90. The van der Waals surface area contributed by atoms with Gasteiger partial charge in [0.1, 0.15) is 6.04 Å². The molecule has 5 N–H and O–H groups in total. The lowest BCUT2D eigenvalue weighted by molar-refractivity contribution is -0.129. The summed E-state index contributed by atoms with van der Waals surface area (Å²) in [5.74, 6) is -0.585. The van der Waals surface area contributed by atoms with E-state index in [1.54, 1.807) is 14.0 Å². The normalized spacial score (nSPS) is 13.0. The molecule has 0 bridgehead atoms. The SMILES string of the molecule is CNC(=O)[C@H](Cc1c[nH]c2ccccc12)NC(=O)[C@@H](C)N.Cl. The molecule has 0 saturated heterocycles. The van der Waals surface area contributed by atoms with Crippen LogP contribution in [0, 0.1) is 0 Å². The molecule has 0 saturated carbocycles. The summed E-state index contributed by atoms with van der Waals surface area (Å²) in [7, 11) is 1.54. The first-order valence-electron chi connectivity index (χ1n) is 6.85. The topological polar surface area (TPSA) is 100 Å². The number of rotatable bonds is 5. The van der Waals surface area contributed by atoms with Crippen LogP contribution in [0.4, 0.5) is 0 Å². The molecular weight excluding hydrogens is 304 g/mol. The smallest absolute Gasteiger partial charge is 0.242 e. The van der Waals surface area contributed by atoms with Crippen molar-refractivity contribution < 1.29 is 9.59 Å². The summed E-state index contributed by atoms with van der Waals surface area (Å²) in [6.07, 6.45) is 2.26. The van der Waals surface area contributed by atoms with Gasteiger partial charge in [0.25, 0.3) is 0 Å². The van der Waals surface area contributed by atoms with Gasteiger partial charge in [0.2, 0.25) is 11.8 Å². The van der Waals surface area contributed by atoms with Gasteiger partial charge in [-0.3, -0.25) is 9.59 Å². The van der Waals surface area contributed by atoms with Crippen LogP contribution in [0.5, 0.6) is 0 Å². The van der Waals surface area contributed by atoms with Gasteiger partial charge in [0.05, 0.1) is 6.04 Å². The van der Waals surface area contributed by atoms with Crippen molar-refractivity contribution in [2.45, 2.75) is 25.4 Å². The molecule has 2 amide bonds. The lowest BCUT2D eigenvalue weighted by Gasteiger charge is -2.18. The first kappa shape index (κ1) is 18.0. The number of aromatic nitrogens is 1. The Balaban J connectivity index is 0.00000242. The van der Waals surface area contributed by atoms with Gasteiger partial charge in [-0.1, -0.05) is 18.2 Å². The lowest BCUT2D eigenvalue weighted by atomic mass is 10.0. The van der Waals surface area contributed by atoms with Crippen molar-refractivity contribution in [2.24, 2.45) is 5.73 Å². The Morgan fingerprint density at radius 1 is 1.27 bits per heavy atom. The van der Waals surface area contributed by atoms with Gasteiger partial charge < -0.3 is 21.4 Å². The summed E-state index contributed by atoms with van der Waals surface area (Å²) >= 11 is 0. The minimum atomic E-state index is -0.653. The van der Waals surface area contributed by atoms with Gasteiger partial charge in [0.15, 0.2) is 0 Å². The van der Waals surface area contributed by atoms with E-state index in [2.05, 4.69) is 15.6 Å². The van der Waals surface area contributed by atoms with Crippen LogP contribution in [0.25, 0.3) is 10.9 Å². The van der Waals surface area contributed by atoms with Crippen molar-refractivity contribution in [1.29, 1.82) is 0 Å². The minimum Gasteiger partial charge on any atom is -0.361 e. The van der Waals surface area contributed by atoms with Gasteiger partial charge in [0, 0.05) is 30.6 Å². The third-order valence-corrected chi connectivity index (χ3v) is 3.39. The Morgan fingerprint density at radius 2 is 1.95 bits per heavy atom. The zero-order valence-corrected chi connectivity index (χ0v) is 13.4. The average molecular weight is 325 g/mol. The van der Waals surface area contributed by atoms with Crippen molar-refractivity contribution in [1.82, 2.24) is 15.6 Å². The molecule has 22 heavy (non-hydrogen) atoms. The molecule has 2 rings (SSSR count). The van der Waals surface area contributed by atoms with Gasteiger partial charge >= 0.3 is 0 Å². The molecule has 1 heterocycles. The number of aromatic amines is 1. The minimum absolute atomic E-state index is 0. The quantitative estimate of drug-likeness (QED) is 0.651. The first-order chi connectivity index (χ1) is 10.0. The standard InChI is InChI=1S/C15H20N4O2.ClH/c1-9(16)14(20)19-13(15(21)17-2)7-10-8-18-12-6-4-3-5-11(10)12;/h3-6,8-9,13,18H,7,16H2,1-2H3,(H,17,21)(H,19,20);1H/t9-,13+;/m1./s1. The number of carbonyl (C=O) groups is 2. The summed E-state index contributed by atoms with van der Waals surface area (Å²) < 4.78 is 0. The average Bonchev–Trinajstić information content (AvgIpc) is 2.89. The Hall–Kier alpha value is -2.05. The number of fused-ring (bicyclic) bond motifs is 1. The Kier molecular flexibility index (Phi) is 6.39. The molecule has 7 heteroatoms. The summed E-state index contributed by atoms with van der Waals surface area (Å²) in [6, 6.07) is 6.53. The van der Waals surface area contributed by atoms with Gasteiger partial charge in [-0.2, -0.15) is 0 Å². The molecular formula is C15H21ClN4O2. The number of likely N-dealkylation sites (N-methyl/N-ethyl adjacent to an activating group) is 1. The molecule has 120 valence electrons. The number of nitrogens with two attached hydrogens (primary N) is 1. The second kappa shape index (κ2) is 7.82. The summed E-state index contributed by atoms with van der Waals surface area (Å²) in [4.78, 5) is 26.9. The van der Waals surface area contributed by atoms with Crippen LogP contribution in [0.2, 0.25) is 0 Å². The van der Waals surface area contributed by atoms with Crippen LogP contribution in [0.1, 0.15) is 12.5 Å². The maximum absolute atomic E-state index is 12.0. The fourth-order valence-electron chi connectivity index (χ4n) is 2.21. The van der Waals surface area contributed by atoms with Crippen molar-refractivity contribution >= 4 is 35.1 Å². The Labute approximate surface area is 135 Å². The predicted octanol–water partition coefficient (Wildman–Crippen LogP) is 0.710. The number of hydrogen-bond donors (Lipinski definition) is 4. The molecule has 1 aromatic heterocycles. The fraction of sp³-hybridized carbons (Fsp3) is 0.333. The van der Waals surface area contributed by atoms with Gasteiger partial charge in [-0.25, -0.2) is 0 Å². The van der Waals surface area contributed by atoms with E-state index in [-0.39, 0.29) is 24.2 Å². The second-order valence-corrected chi connectivity index (χ2v) is 5.03. The summed E-state index contributed by atoms with van der Waals surface area (Å²) in [6.45, 7) is 1.59. The molecule has 0 fully saturated rings. The van der Waals surface area contributed by atoms with Crippen LogP contribution in [-0.4, -0.2) is 35.9 Å². The molecule has 0 radical (unpaired) electrons. The van der Waals surface area contributed by atoms with E-state index in [4.69, 9.17) is 5.73 Å². The highest BCUT2D eigenvalue weighted by Gasteiger charge is 2.22.